The third-order valence-corrected chi connectivity index (χ3v) is 17.7. The van der Waals surface area contributed by atoms with E-state index >= 15 is 0 Å². The quantitative estimate of drug-likeness (QED) is 0.0427. The van der Waals surface area contributed by atoms with E-state index in [1.54, 1.807) is 12.1 Å². The van der Waals surface area contributed by atoms with Crippen molar-refractivity contribution in [2.24, 2.45) is 23.3 Å². The molecule has 2 bridgehead atoms. The first-order valence-electron chi connectivity index (χ1n) is 32.2. The van der Waals surface area contributed by atoms with Crippen molar-refractivity contribution in [1.29, 1.82) is 0 Å². The number of carbonyl (C=O) groups is 9. The average Bonchev–Trinajstić information content (AvgIpc) is 3.90. The smallest absolute Gasteiger partial charge is 0.251 e. The molecule has 1 unspecified atom stereocenters. The fraction of sp³-hybridized carbons (Fsp3) is 0.451. The van der Waals surface area contributed by atoms with Gasteiger partial charge in [-0.15, -0.1) is 0 Å². The molecule has 9 amide bonds. The molecule has 4 atom stereocenters. The first-order chi connectivity index (χ1) is 44.1. The van der Waals surface area contributed by atoms with Crippen molar-refractivity contribution in [3.8, 4) is 0 Å². The van der Waals surface area contributed by atoms with Crippen LogP contribution in [0, 0.1) is 11.8 Å². The molecule has 2 saturated carbocycles. The van der Waals surface area contributed by atoms with Gasteiger partial charge in [-0.2, -0.15) is 11.8 Å². The number of nitrogens with two attached hydrogens (primary N) is 2. The number of nitrogens with zero attached hydrogens (tertiary/aromatic N) is 4. The number of unbranched alkanes of at least 4 members (excludes halogenated alkanes) is 1. The number of rotatable bonds is 19. The molecule has 484 valence electrons. The van der Waals surface area contributed by atoms with Crippen LogP contribution in [0.15, 0.2) is 146 Å². The Hall–Kier alpha value is -8.36. The summed E-state index contributed by atoms with van der Waals surface area (Å²) in [6.07, 6.45) is 6.99. The lowest BCUT2D eigenvalue weighted by molar-refractivity contribution is -0.139. The molecular weight excluding hydrogens is 1170 g/mol. The zero-order chi connectivity index (χ0) is 64.3. The number of carbonyl (C=O) groups excluding carboxylic acids is 9. The van der Waals surface area contributed by atoms with Crippen LogP contribution in [0.1, 0.15) is 109 Å². The van der Waals surface area contributed by atoms with E-state index in [2.05, 4.69) is 21.3 Å². The van der Waals surface area contributed by atoms with Gasteiger partial charge in [-0.05, 0) is 123 Å². The lowest BCUT2D eigenvalue weighted by Crippen LogP contribution is -2.55. The van der Waals surface area contributed by atoms with E-state index in [4.69, 9.17) is 11.5 Å². The van der Waals surface area contributed by atoms with Gasteiger partial charge in [0.1, 0.15) is 0 Å². The fourth-order valence-electron chi connectivity index (χ4n) is 11.5. The number of fused-ring (bicyclic) bond motifs is 29. The zero-order valence-corrected chi connectivity index (χ0v) is 53.0. The molecule has 0 aromatic heterocycles. The monoisotopic (exact) mass is 1260 g/mol. The Morgan fingerprint density at radius 2 is 0.923 bits per heavy atom. The van der Waals surface area contributed by atoms with Crippen molar-refractivity contribution >= 4 is 64.9 Å². The van der Waals surface area contributed by atoms with Crippen molar-refractivity contribution in [2.75, 3.05) is 64.7 Å². The molecular formula is C71H90N10O9S. The van der Waals surface area contributed by atoms with Crippen LogP contribution in [0.5, 0.6) is 0 Å². The van der Waals surface area contributed by atoms with Gasteiger partial charge in [-0.3, -0.25) is 43.2 Å². The highest BCUT2D eigenvalue weighted by atomic mass is 32.2. The summed E-state index contributed by atoms with van der Waals surface area (Å²) in [5.74, 6) is -2.48. The Morgan fingerprint density at radius 1 is 0.495 bits per heavy atom. The first-order valence-corrected chi connectivity index (χ1v) is 33.4. The minimum absolute atomic E-state index is 0.0281. The summed E-state index contributed by atoms with van der Waals surface area (Å²) in [4.78, 5) is 134. The van der Waals surface area contributed by atoms with E-state index in [1.165, 1.54) is 31.4 Å². The Morgan fingerprint density at radius 3 is 1.38 bits per heavy atom. The summed E-state index contributed by atoms with van der Waals surface area (Å²) in [5.41, 5.74) is 16.6. The molecule has 2 heterocycles. The molecule has 5 aromatic rings. The van der Waals surface area contributed by atoms with Gasteiger partial charge in [0.25, 0.3) is 5.91 Å². The molecule has 4 aliphatic rings. The van der Waals surface area contributed by atoms with Crippen LogP contribution in [0.2, 0.25) is 0 Å². The van der Waals surface area contributed by atoms with Crippen LogP contribution in [-0.4, -0.2) is 162 Å². The van der Waals surface area contributed by atoms with Gasteiger partial charge in [0.05, 0.1) is 44.3 Å². The molecule has 0 saturated heterocycles. The lowest BCUT2D eigenvalue weighted by Gasteiger charge is -2.32. The summed E-state index contributed by atoms with van der Waals surface area (Å²) in [7, 11) is 0. The topological polar surface area (TPSA) is 267 Å². The second-order valence-corrected chi connectivity index (χ2v) is 25.8. The Balaban J connectivity index is 1.12. The highest BCUT2D eigenvalue weighted by Gasteiger charge is 2.34. The lowest BCUT2D eigenvalue weighted by atomic mass is 10.0. The van der Waals surface area contributed by atoms with Gasteiger partial charge in [0.15, 0.2) is 0 Å². The molecule has 2 fully saturated rings. The number of nitrogens with one attached hydrogen (secondary N) is 4. The zero-order valence-electron chi connectivity index (χ0n) is 52.2. The van der Waals surface area contributed by atoms with Gasteiger partial charge < -0.3 is 52.3 Å². The minimum Gasteiger partial charge on any atom is -0.368 e. The standard InChI is InChI=1S/C71H90N10O9S/c72-35-14-13-23-59-42-79(67(86)33-30-51-15-5-1-6-16-51)47-65(84)75-60(37-52-17-7-2-8-18-52)43-78(46-63(73)82)68(87)34-36-91-50-57-28-31-58(32-29-57)71(90)77-62(39-54-21-11-4-12-22-54)45-81(70(89)41-56-26-27-56)49-66(85)76-61(38-53-19-9-3-10-20-53)44-80(48-64(83)74-59)69(88)40-55-24-25-55/h1-12,15-22,28-29,31-32,55-56,59-62H,13-14,23-27,30,33-50,72H2,(H2,73,82)(H,74,83)(H,75,84)(H,76,85)(H,77,90)/t59-,60-,61?,62-/m0/s1. The molecule has 0 spiro atoms. The Kier molecular flexibility index (Phi) is 27.0. The second-order valence-electron chi connectivity index (χ2n) is 24.7. The molecule has 9 rings (SSSR count). The Labute approximate surface area is 539 Å². The van der Waals surface area contributed by atoms with Gasteiger partial charge in [0, 0.05) is 75.0 Å². The molecule has 5 aromatic carbocycles. The summed E-state index contributed by atoms with van der Waals surface area (Å²) >= 11 is 1.50. The minimum atomic E-state index is -0.728. The maximum atomic E-state index is 14.7. The maximum Gasteiger partial charge on any atom is 0.251 e. The Bertz CT molecular complexity index is 3170. The van der Waals surface area contributed by atoms with E-state index in [-0.39, 0.29) is 119 Å². The largest absolute Gasteiger partial charge is 0.368 e. The van der Waals surface area contributed by atoms with Crippen LogP contribution < -0.4 is 32.7 Å². The number of benzene rings is 5. The number of hydrogen-bond donors (Lipinski definition) is 6. The van der Waals surface area contributed by atoms with E-state index in [0.29, 0.717) is 55.7 Å². The van der Waals surface area contributed by atoms with Gasteiger partial charge in [-0.25, -0.2) is 0 Å². The summed E-state index contributed by atoms with van der Waals surface area (Å²) in [6, 6.07) is 42.5. The third kappa shape index (κ3) is 24.8. The van der Waals surface area contributed by atoms with Crippen molar-refractivity contribution in [2.45, 2.75) is 126 Å². The number of primary amides is 1. The van der Waals surface area contributed by atoms with E-state index < -0.39 is 60.9 Å². The van der Waals surface area contributed by atoms with Gasteiger partial charge >= 0.3 is 0 Å². The summed E-state index contributed by atoms with van der Waals surface area (Å²) in [5, 5.41) is 12.6. The van der Waals surface area contributed by atoms with Crippen LogP contribution >= 0.6 is 11.8 Å². The molecule has 2 aliphatic carbocycles. The highest BCUT2D eigenvalue weighted by molar-refractivity contribution is 7.98. The van der Waals surface area contributed by atoms with Crippen LogP contribution in [-0.2, 0) is 69.8 Å². The van der Waals surface area contributed by atoms with E-state index in [1.807, 2.05) is 133 Å². The predicted octanol–water partition coefficient (Wildman–Crippen LogP) is 5.77. The number of thioether (sulfide) groups is 1. The molecule has 20 heteroatoms. The summed E-state index contributed by atoms with van der Waals surface area (Å²) < 4.78 is 0. The molecule has 8 N–H and O–H groups in total. The summed E-state index contributed by atoms with van der Waals surface area (Å²) in [6.45, 7) is -1.27. The predicted molar refractivity (Wildman–Crippen MR) is 353 cm³/mol. The van der Waals surface area contributed by atoms with Gasteiger partial charge in [0.2, 0.25) is 47.3 Å². The van der Waals surface area contributed by atoms with Crippen LogP contribution in [0.4, 0.5) is 0 Å². The first kappa shape index (κ1) is 68.5. The van der Waals surface area contributed by atoms with E-state index in [0.717, 1.165) is 53.5 Å². The second kappa shape index (κ2) is 35.9. The molecule has 0 radical (unpaired) electrons. The highest BCUT2D eigenvalue weighted by Crippen LogP contribution is 2.34. The van der Waals surface area contributed by atoms with Crippen LogP contribution in [0.3, 0.4) is 0 Å². The fourth-order valence-corrected chi connectivity index (χ4v) is 12.4. The van der Waals surface area contributed by atoms with E-state index in [9.17, 15) is 43.2 Å². The van der Waals surface area contributed by atoms with Crippen molar-refractivity contribution in [1.82, 2.24) is 40.9 Å². The van der Waals surface area contributed by atoms with Gasteiger partial charge in [-0.1, -0.05) is 140 Å². The van der Waals surface area contributed by atoms with Crippen molar-refractivity contribution < 1.29 is 43.2 Å². The number of aryl methyl sites for hydroxylation is 1. The SMILES string of the molecule is NCCCC[C@H]1CN(C(=O)CCc2ccccc2)CC(=O)N[C@@H](Cc2ccccc2)CN(CC(N)=O)C(=O)CCSCc2ccc(cc2)C(=O)N[C@@H](Cc2ccccc2)CN(C(=O)CC2CC2)CC(=O)NC(Cc2ccccc2)CN(C(=O)CC2CC2)CC(=O)N1. The molecule has 2 aliphatic heterocycles. The molecule has 19 nitrogen and oxygen atoms in total. The average molecular weight is 1260 g/mol. The van der Waals surface area contributed by atoms with Crippen LogP contribution in [0.25, 0.3) is 0 Å². The van der Waals surface area contributed by atoms with Crippen molar-refractivity contribution in [3.05, 3.63) is 179 Å². The van der Waals surface area contributed by atoms with Crippen molar-refractivity contribution in [3.63, 3.8) is 0 Å². The molecule has 91 heavy (non-hydrogen) atoms. The normalized spacial score (nSPS) is 20.1. The number of amides is 9. The third-order valence-electron chi connectivity index (χ3n) is 16.7. The maximum absolute atomic E-state index is 14.7. The number of hydrogen-bond acceptors (Lipinski definition) is 11.